The lowest BCUT2D eigenvalue weighted by atomic mass is 9.89. The van der Waals surface area contributed by atoms with Crippen LogP contribution >= 0.6 is 0 Å². The molecule has 0 saturated carbocycles. The summed E-state index contributed by atoms with van der Waals surface area (Å²) in [6.45, 7) is 10.9. The molecule has 29 heavy (non-hydrogen) atoms. The van der Waals surface area contributed by atoms with Gasteiger partial charge in [0.2, 0.25) is 0 Å². The highest BCUT2D eigenvalue weighted by molar-refractivity contribution is 5.56. The van der Waals surface area contributed by atoms with Gasteiger partial charge in [-0.05, 0) is 70.3 Å². The second-order valence-electron chi connectivity index (χ2n) is 9.89. The van der Waals surface area contributed by atoms with E-state index < -0.39 is 5.60 Å². The van der Waals surface area contributed by atoms with E-state index >= 15 is 0 Å². The Balaban J connectivity index is 2.51. The number of unbranched alkanes of at least 4 members (excludes halogenated alkanes) is 4. The number of carbonyl (C=O) groups is 1. The maximum Gasteiger partial charge on any atom is 0.293 e. The Hall–Kier alpha value is -1.91. The third-order valence-electron chi connectivity index (χ3n) is 5.38. The molecular formula is C24H40O5. The standard InChI is InChI=1S/C24H40O5/c1-23(2,3)14-10-6-8-12-18-16-20(26)19(22(28)21(18)27)13-9-7-11-15-24(4,5)29-17-25/h16-17,26-28H,6-15H2,1-5H3. The van der Waals surface area contributed by atoms with Crippen molar-refractivity contribution in [1.82, 2.24) is 0 Å². The zero-order valence-corrected chi connectivity index (χ0v) is 18.9. The fourth-order valence-electron chi connectivity index (χ4n) is 3.54. The van der Waals surface area contributed by atoms with E-state index in [1.807, 2.05) is 13.8 Å². The molecule has 1 aromatic rings. The van der Waals surface area contributed by atoms with Gasteiger partial charge in [0, 0.05) is 11.1 Å². The number of phenolic OH excluding ortho intramolecular Hbond substituents is 3. The largest absolute Gasteiger partial charge is 0.508 e. The summed E-state index contributed by atoms with van der Waals surface area (Å²) in [6, 6.07) is 1.59. The molecule has 5 nitrogen and oxygen atoms in total. The Bertz CT molecular complexity index is 644. The third kappa shape index (κ3) is 9.42. The fraction of sp³-hybridized carbons (Fsp3) is 0.708. The van der Waals surface area contributed by atoms with Crippen LogP contribution in [0.15, 0.2) is 6.07 Å². The average molecular weight is 409 g/mol. The third-order valence-corrected chi connectivity index (χ3v) is 5.38. The first kappa shape index (κ1) is 25.1. The molecular weight excluding hydrogens is 368 g/mol. The van der Waals surface area contributed by atoms with Crippen molar-refractivity contribution in [3.63, 3.8) is 0 Å². The minimum absolute atomic E-state index is 0.0506. The number of hydrogen-bond acceptors (Lipinski definition) is 5. The minimum Gasteiger partial charge on any atom is -0.508 e. The van der Waals surface area contributed by atoms with E-state index in [9.17, 15) is 20.1 Å². The van der Waals surface area contributed by atoms with Crippen LogP contribution in [-0.4, -0.2) is 27.4 Å². The first-order valence-electron chi connectivity index (χ1n) is 10.8. The first-order valence-corrected chi connectivity index (χ1v) is 10.8. The number of benzene rings is 1. The van der Waals surface area contributed by atoms with E-state index in [-0.39, 0.29) is 17.2 Å². The highest BCUT2D eigenvalue weighted by atomic mass is 16.5. The topological polar surface area (TPSA) is 87.0 Å². The Morgan fingerprint density at radius 3 is 2.00 bits per heavy atom. The first-order chi connectivity index (χ1) is 13.5. The molecule has 0 amide bonds. The van der Waals surface area contributed by atoms with Gasteiger partial charge in [0.1, 0.15) is 11.4 Å². The van der Waals surface area contributed by atoms with Crippen molar-refractivity contribution in [3.05, 3.63) is 17.2 Å². The lowest BCUT2D eigenvalue weighted by molar-refractivity contribution is -0.140. The molecule has 1 rings (SSSR count). The molecule has 1 aromatic carbocycles. The van der Waals surface area contributed by atoms with Crippen LogP contribution in [-0.2, 0) is 22.4 Å². The van der Waals surface area contributed by atoms with Crippen LogP contribution in [0.2, 0.25) is 0 Å². The highest BCUT2D eigenvalue weighted by Gasteiger charge is 2.19. The maximum atomic E-state index is 10.5. The van der Waals surface area contributed by atoms with Crippen LogP contribution in [0.1, 0.15) is 97.1 Å². The smallest absolute Gasteiger partial charge is 0.293 e. The summed E-state index contributed by atoms with van der Waals surface area (Å²) in [6.07, 6.45) is 8.68. The summed E-state index contributed by atoms with van der Waals surface area (Å²) in [4.78, 5) is 10.5. The van der Waals surface area contributed by atoms with Crippen molar-refractivity contribution < 1.29 is 24.9 Å². The number of aromatic hydroxyl groups is 3. The zero-order chi connectivity index (χ0) is 22.1. The second kappa shape index (κ2) is 11.3. The number of rotatable bonds is 13. The second-order valence-corrected chi connectivity index (χ2v) is 9.89. The van der Waals surface area contributed by atoms with Gasteiger partial charge in [0.15, 0.2) is 11.5 Å². The fourth-order valence-corrected chi connectivity index (χ4v) is 3.54. The van der Waals surface area contributed by atoms with E-state index in [1.165, 1.54) is 0 Å². The Kier molecular flexibility index (Phi) is 9.81. The summed E-state index contributed by atoms with van der Waals surface area (Å²) >= 11 is 0. The van der Waals surface area contributed by atoms with Crippen LogP contribution in [0, 0.1) is 5.41 Å². The SMILES string of the molecule is CC(C)(C)CCCCCc1cc(O)c(CCCCCC(C)(C)OC=O)c(O)c1O. The molecule has 0 atom stereocenters. The predicted octanol–water partition coefficient (Wildman–Crippen LogP) is 6.01. The van der Waals surface area contributed by atoms with Crippen molar-refractivity contribution in [3.8, 4) is 17.2 Å². The summed E-state index contributed by atoms with van der Waals surface area (Å²) in [5, 5.41) is 31.0. The quantitative estimate of drug-likeness (QED) is 0.161. The molecule has 0 saturated heterocycles. The van der Waals surface area contributed by atoms with Crippen LogP contribution in [0.5, 0.6) is 17.2 Å². The Morgan fingerprint density at radius 1 is 0.828 bits per heavy atom. The van der Waals surface area contributed by atoms with Gasteiger partial charge in [0.25, 0.3) is 6.47 Å². The van der Waals surface area contributed by atoms with Gasteiger partial charge in [-0.2, -0.15) is 0 Å². The molecule has 0 aliphatic carbocycles. The number of carbonyl (C=O) groups excluding carboxylic acids is 1. The maximum absolute atomic E-state index is 10.5. The lowest BCUT2D eigenvalue weighted by Gasteiger charge is -2.22. The molecule has 0 aromatic heterocycles. The summed E-state index contributed by atoms with van der Waals surface area (Å²) in [7, 11) is 0. The van der Waals surface area contributed by atoms with Crippen LogP contribution < -0.4 is 0 Å². The van der Waals surface area contributed by atoms with Gasteiger partial charge >= 0.3 is 0 Å². The van der Waals surface area contributed by atoms with Crippen molar-refractivity contribution in [2.75, 3.05) is 0 Å². The lowest BCUT2D eigenvalue weighted by Crippen LogP contribution is -2.23. The molecule has 166 valence electrons. The molecule has 0 heterocycles. The Morgan fingerprint density at radius 2 is 1.41 bits per heavy atom. The molecule has 0 fully saturated rings. The van der Waals surface area contributed by atoms with E-state index in [2.05, 4.69) is 20.8 Å². The van der Waals surface area contributed by atoms with Crippen LogP contribution in [0.25, 0.3) is 0 Å². The summed E-state index contributed by atoms with van der Waals surface area (Å²) in [5.41, 5.74) is 0.866. The van der Waals surface area contributed by atoms with Gasteiger partial charge in [-0.1, -0.05) is 40.0 Å². The monoisotopic (exact) mass is 408 g/mol. The number of phenols is 3. The molecule has 5 heteroatoms. The highest BCUT2D eigenvalue weighted by Crippen LogP contribution is 2.40. The van der Waals surface area contributed by atoms with Gasteiger partial charge in [-0.3, -0.25) is 4.79 Å². The molecule has 0 radical (unpaired) electrons. The van der Waals surface area contributed by atoms with Gasteiger partial charge in [0.05, 0.1) is 0 Å². The normalized spacial score (nSPS) is 12.2. The molecule has 0 aliphatic heterocycles. The van der Waals surface area contributed by atoms with Crippen LogP contribution in [0.3, 0.4) is 0 Å². The number of aryl methyl sites for hydroxylation is 1. The van der Waals surface area contributed by atoms with E-state index in [1.54, 1.807) is 6.07 Å². The molecule has 0 spiro atoms. The van der Waals surface area contributed by atoms with Gasteiger partial charge in [-0.15, -0.1) is 0 Å². The summed E-state index contributed by atoms with van der Waals surface area (Å²) in [5.74, 6) is -0.247. The van der Waals surface area contributed by atoms with Crippen molar-refractivity contribution in [1.29, 1.82) is 0 Å². The zero-order valence-electron chi connectivity index (χ0n) is 18.9. The number of hydrogen-bond donors (Lipinski definition) is 3. The molecule has 0 aliphatic rings. The van der Waals surface area contributed by atoms with Gasteiger partial charge in [-0.25, -0.2) is 0 Å². The van der Waals surface area contributed by atoms with Crippen molar-refractivity contribution >= 4 is 6.47 Å². The average Bonchev–Trinajstić information content (AvgIpc) is 2.60. The van der Waals surface area contributed by atoms with Gasteiger partial charge < -0.3 is 20.1 Å². The Labute approximate surface area is 176 Å². The van der Waals surface area contributed by atoms with E-state index in [0.717, 1.165) is 51.4 Å². The van der Waals surface area contributed by atoms with Crippen LogP contribution in [0.4, 0.5) is 0 Å². The molecule has 0 unspecified atom stereocenters. The predicted molar refractivity (Wildman–Crippen MR) is 116 cm³/mol. The molecule has 3 N–H and O–H groups in total. The minimum atomic E-state index is -0.473. The summed E-state index contributed by atoms with van der Waals surface area (Å²) < 4.78 is 5.03. The van der Waals surface area contributed by atoms with E-state index in [4.69, 9.17) is 4.74 Å². The van der Waals surface area contributed by atoms with Crippen molar-refractivity contribution in [2.45, 2.75) is 104 Å². The van der Waals surface area contributed by atoms with Crippen molar-refractivity contribution in [2.24, 2.45) is 5.41 Å². The molecule has 0 bridgehead atoms. The number of ether oxygens (including phenoxy) is 1. The van der Waals surface area contributed by atoms with E-state index in [0.29, 0.717) is 35.9 Å².